The minimum Gasteiger partial charge on any atom is -0.379 e. The molecular weight excluding hydrogens is 364 g/mol. The molecule has 0 radical (unpaired) electrons. The Hall–Kier alpha value is -1.90. The highest BCUT2D eigenvalue weighted by Crippen LogP contribution is 2.17. The van der Waals surface area contributed by atoms with Gasteiger partial charge in [-0.25, -0.2) is 8.42 Å². The van der Waals surface area contributed by atoms with Crippen LogP contribution in [0.15, 0.2) is 41.4 Å². The summed E-state index contributed by atoms with van der Waals surface area (Å²) in [4.78, 5) is 4.27. The van der Waals surface area contributed by atoms with Crippen molar-refractivity contribution >= 4 is 16.0 Å². The third-order valence-electron chi connectivity index (χ3n) is 4.84. The van der Waals surface area contributed by atoms with Crippen molar-refractivity contribution in [2.24, 2.45) is 4.99 Å². The summed E-state index contributed by atoms with van der Waals surface area (Å²) in [5, 5.41) is 6.69. The molecule has 0 aromatic heterocycles. The average molecular weight is 393 g/mol. The number of ether oxygens (including phenoxy) is 1. The fraction of sp³-hybridized carbons (Fsp3) is 0.526. The van der Waals surface area contributed by atoms with Gasteiger partial charge in [-0.2, -0.15) is 4.31 Å². The Morgan fingerprint density at radius 2 is 1.85 bits per heavy atom. The Labute approximate surface area is 161 Å². The molecule has 2 N–H and O–H groups in total. The molecule has 1 aliphatic carbocycles. The Morgan fingerprint density at radius 3 is 2.52 bits per heavy atom. The van der Waals surface area contributed by atoms with E-state index in [2.05, 4.69) is 27.8 Å². The van der Waals surface area contributed by atoms with Crippen LogP contribution in [-0.2, 0) is 27.1 Å². The number of nitrogens with zero attached hydrogens (tertiary/aromatic N) is 2. The van der Waals surface area contributed by atoms with Gasteiger partial charge in [0.05, 0.1) is 19.0 Å². The Balaban J connectivity index is 1.63. The lowest BCUT2D eigenvalue weighted by molar-refractivity contribution is 0.0729. The molecular formula is C19H28N4O3S. The standard InChI is InChI=1S/C19H28N4O3S/c1-20-19(22-18-8-4-5-9-18)21-14-16-6-2-3-7-17(16)15-27(24,25)23-10-12-26-13-11-23/h2-7,18H,8-15H2,1H3,(H2,20,21,22). The highest BCUT2D eigenvalue weighted by molar-refractivity contribution is 7.88. The molecule has 7 nitrogen and oxygen atoms in total. The molecule has 3 rings (SSSR count). The molecule has 1 heterocycles. The minimum atomic E-state index is -3.35. The number of sulfonamides is 1. The summed E-state index contributed by atoms with van der Waals surface area (Å²) < 4.78 is 32.3. The number of guanidine groups is 1. The number of morpholine rings is 1. The maximum atomic E-state index is 12.7. The van der Waals surface area contributed by atoms with E-state index in [1.54, 1.807) is 7.05 Å². The van der Waals surface area contributed by atoms with Gasteiger partial charge in [-0.3, -0.25) is 4.99 Å². The second-order valence-corrected chi connectivity index (χ2v) is 8.72. The van der Waals surface area contributed by atoms with E-state index >= 15 is 0 Å². The zero-order chi connectivity index (χ0) is 19.1. The molecule has 27 heavy (non-hydrogen) atoms. The summed E-state index contributed by atoms with van der Waals surface area (Å²) in [6.07, 6.45) is 6.32. The van der Waals surface area contributed by atoms with Gasteiger partial charge in [0, 0.05) is 32.7 Å². The van der Waals surface area contributed by atoms with E-state index in [1.165, 1.54) is 4.31 Å². The van der Waals surface area contributed by atoms with Crippen molar-refractivity contribution in [3.05, 3.63) is 47.5 Å². The van der Waals surface area contributed by atoms with Crippen LogP contribution in [-0.4, -0.2) is 58.1 Å². The van der Waals surface area contributed by atoms with Crippen molar-refractivity contribution in [2.45, 2.75) is 31.2 Å². The summed E-state index contributed by atoms with van der Waals surface area (Å²) in [6, 6.07) is 8.02. The van der Waals surface area contributed by atoms with Gasteiger partial charge in [-0.05, 0) is 24.0 Å². The molecule has 1 aromatic rings. The topological polar surface area (TPSA) is 83.0 Å². The van der Waals surface area contributed by atoms with Crippen LogP contribution in [0.5, 0.6) is 0 Å². The van der Waals surface area contributed by atoms with Crippen LogP contribution >= 0.6 is 0 Å². The molecule has 8 heteroatoms. The Bertz CT molecular complexity index is 778. The molecule has 1 aromatic carbocycles. The lowest BCUT2D eigenvalue weighted by Crippen LogP contribution is -2.42. The van der Waals surface area contributed by atoms with E-state index in [1.807, 2.05) is 24.3 Å². The molecule has 1 fully saturated rings. The van der Waals surface area contributed by atoms with E-state index in [4.69, 9.17) is 4.74 Å². The molecule has 0 bridgehead atoms. The van der Waals surface area contributed by atoms with Crippen molar-refractivity contribution in [1.29, 1.82) is 0 Å². The van der Waals surface area contributed by atoms with Crippen LogP contribution in [0.2, 0.25) is 0 Å². The number of hydrogen-bond donors (Lipinski definition) is 2. The van der Waals surface area contributed by atoms with Gasteiger partial charge in [0.1, 0.15) is 0 Å². The molecule has 0 amide bonds. The van der Waals surface area contributed by atoms with Gasteiger partial charge in [0.15, 0.2) is 5.96 Å². The van der Waals surface area contributed by atoms with Crippen LogP contribution in [0.25, 0.3) is 0 Å². The normalized spacial score (nSPS) is 19.4. The third kappa shape index (κ3) is 5.54. The zero-order valence-electron chi connectivity index (χ0n) is 15.7. The first-order chi connectivity index (χ1) is 13.1. The Morgan fingerprint density at radius 1 is 1.19 bits per heavy atom. The van der Waals surface area contributed by atoms with Crippen LogP contribution in [0.3, 0.4) is 0 Å². The van der Waals surface area contributed by atoms with Gasteiger partial charge in [-0.1, -0.05) is 36.4 Å². The number of rotatable bonds is 6. The second-order valence-electron chi connectivity index (χ2n) is 6.75. The van der Waals surface area contributed by atoms with Crippen LogP contribution in [0, 0.1) is 0 Å². The van der Waals surface area contributed by atoms with Crippen molar-refractivity contribution < 1.29 is 13.2 Å². The maximum Gasteiger partial charge on any atom is 0.218 e. The minimum absolute atomic E-state index is 0.00340. The van der Waals surface area contributed by atoms with Crippen molar-refractivity contribution in [3.63, 3.8) is 0 Å². The molecule has 1 saturated heterocycles. The summed E-state index contributed by atoms with van der Waals surface area (Å²) in [7, 11) is -1.61. The van der Waals surface area contributed by atoms with Gasteiger partial charge < -0.3 is 15.4 Å². The predicted molar refractivity (Wildman–Crippen MR) is 107 cm³/mol. The maximum absolute atomic E-state index is 12.7. The fourth-order valence-corrected chi connectivity index (χ4v) is 4.85. The molecule has 2 aliphatic rings. The van der Waals surface area contributed by atoms with Gasteiger partial charge in [-0.15, -0.1) is 0 Å². The number of hydrogen-bond acceptors (Lipinski definition) is 4. The first-order valence-corrected chi connectivity index (χ1v) is 10.9. The van der Waals surface area contributed by atoms with Crippen LogP contribution < -0.4 is 10.6 Å². The quantitative estimate of drug-likeness (QED) is 0.432. The van der Waals surface area contributed by atoms with E-state index in [0.29, 0.717) is 38.9 Å². The van der Waals surface area contributed by atoms with Crippen molar-refractivity contribution in [1.82, 2.24) is 14.9 Å². The van der Waals surface area contributed by atoms with Gasteiger partial charge in [0.2, 0.25) is 10.0 Å². The molecule has 1 aliphatic heterocycles. The van der Waals surface area contributed by atoms with Gasteiger partial charge >= 0.3 is 0 Å². The highest BCUT2D eigenvalue weighted by atomic mass is 32.2. The first kappa shape index (κ1) is 19.9. The summed E-state index contributed by atoms with van der Waals surface area (Å²) in [5.74, 6) is 0.734. The number of benzene rings is 1. The summed E-state index contributed by atoms with van der Waals surface area (Å²) >= 11 is 0. The van der Waals surface area contributed by atoms with E-state index < -0.39 is 10.0 Å². The van der Waals surface area contributed by atoms with E-state index in [0.717, 1.165) is 29.9 Å². The van der Waals surface area contributed by atoms with E-state index in [9.17, 15) is 8.42 Å². The fourth-order valence-electron chi connectivity index (χ4n) is 3.29. The van der Waals surface area contributed by atoms with Crippen molar-refractivity contribution in [3.8, 4) is 0 Å². The van der Waals surface area contributed by atoms with Crippen molar-refractivity contribution in [2.75, 3.05) is 33.4 Å². The zero-order valence-corrected chi connectivity index (χ0v) is 16.5. The predicted octanol–water partition coefficient (Wildman–Crippen LogP) is 1.23. The largest absolute Gasteiger partial charge is 0.379 e. The molecule has 0 unspecified atom stereocenters. The number of aliphatic imine (C=N–C) groups is 1. The molecule has 148 valence electrons. The lowest BCUT2D eigenvalue weighted by atomic mass is 10.1. The molecule has 0 atom stereocenters. The van der Waals surface area contributed by atoms with Crippen LogP contribution in [0.1, 0.15) is 24.0 Å². The summed E-state index contributed by atoms with van der Waals surface area (Å²) in [5.41, 5.74) is 1.77. The SMILES string of the molecule is CN=C(NCc1ccccc1CS(=O)(=O)N1CCOCC1)NC1CC=CC1. The lowest BCUT2D eigenvalue weighted by Gasteiger charge is -2.26. The average Bonchev–Trinajstić information content (AvgIpc) is 3.20. The first-order valence-electron chi connectivity index (χ1n) is 9.33. The second kappa shape index (κ2) is 9.34. The van der Waals surface area contributed by atoms with Gasteiger partial charge in [0.25, 0.3) is 0 Å². The van der Waals surface area contributed by atoms with Crippen LogP contribution in [0.4, 0.5) is 0 Å². The summed E-state index contributed by atoms with van der Waals surface area (Å²) in [6.45, 7) is 2.29. The highest BCUT2D eigenvalue weighted by Gasteiger charge is 2.25. The monoisotopic (exact) mass is 392 g/mol. The Kier molecular flexibility index (Phi) is 6.87. The number of nitrogens with one attached hydrogen (secondary N) is 2. The third-order valence-corrected chi connectivity index (χ3v) is 6.67. The van der Waals surface area contributed by atoms with E-state index in [-0.39, 0.29) is 5.75 Å². The smallest absolute Gasteiger partial charge is 0.218 e. The molecule has 0 spiro atoms. The molecule has 0 saturated carbocycles.